The molecule has 0 unspecified atom stereocenters. The van der Waals surface area contributed by atoms with Crippen molar-refractivity contribution in [3.05, 3.63) is 35.2 Å². The van der Waals surface area contributed by atoms with Crippen LogP contribution in [0.3, 0.4) is 0 Å². The highest BCUT2D eigenvalue weighted by atomic mass is 16.5. The van der Waals surface area contributed by atoms with Crippen LogP contribution in [0.1, 0.15) is 49.1 Å². The third-order valence-corrected chi connectivity index (χ3v) is 5.76. The summed E-state index contributed by atoms with van der Waals surface area (Å²) < 4.78 is 7.58. The zero-order valence-electron chi connectivity index (χ0n) is 15.2. The summed E-state index contributed by atoms with van der Waals surface area (Å²) in [6, 6.07) is 6.47. The number of hydrogen-bond donors (Lipinski definition) is 0. The third-order valence-electron chi connectivity index (χ3n) is 5.76. The van der Waals surface area contributed by atoms with Gasteiger partial charge in [0.05, 0.1) is 24.4 Å². The van der Waals surface area contributed by atoms with Crippen LogP contribution < -0.4 is 0 Å². The normalized spacial score (nSPS) is 21.4. The molecule has 134 valence electrons. The van der Waals surface area contributed by atoms with Crippen molar-refractivity contribution < 1.29 is 4.74 Å². The molecule has 1 aromatic carbocycles. The molecule has 4 rings (SSSR count). The predicted octanol–water partition coefficient (Wildman–Crippen LogP) is 2.77. The third kappa shape index (κ3) is 2.98. The number of hydrogen-bond acceptors (Lipinski definition) is 5. The second-order valence-electron chi connectivity index (χ2n) is 7.40. The summed E-state index contributed by atoms with van der Waals surface area (Å²) in [5, 5.41) is 13.0. The van der Waals surface area contributed by atoms with Crippen molar-refractivity contribution >= 4 is 0 Å². The maximum Gasteiger partial charge on any atom is 0.176 e. The standard InChI is InChI=1S/C19H27N5O/c1-15-6-7-17(16(2)14-15)24-18(20-21-22-24)19(8-4-3-5-9-19)23-10-12-25-13-11-23/h6-7,14H,3-5,8-13H2,1-2H3. The molecule has 2 aromatic rings. The maximum atomic E-state index is 5.60. The number of tetrazole rings is 1. The largest absolute Gasteiger partial charge is 0.379 e. The molecule has 1 aliphatic carbocycles. The average molecular weight is 341 g/mol. The minimum absolute atomic E-state index is 0.0666. The Kier molecular flexibility index (Phi) is 4.56. The Labute approximate surface area is 149 Å². The van der Waals surface area contributed by atoms with Crippen LogP contribution in [0.25, 0.3) is 5.69 Å². The quantitative estimate of drug-likeness (QED) is 0.859. The van der Waals surface area contributed by atoms with Gasteiger partial charge in [-0.05, 0) is 48.7 Å². The smallest absolute Gasteiger partial charge is 0.176 e. The molecular weight excluding hydrogens is 314 g/mol. The van der Waals surface area contributed by atoms with Gasteiger partial charge in [0.2, 0.25) is 0 Å². The molecule has 0 amide bonds. The van der Waals surface area contributed by atoms with Gasteiger partial charge in [-0.2, -0.15) is 4.68 Å². The van der Waals surface area contributed by atoms with Crippen molar-refractivity contribution in [1.82, 2.24) is 25.1 Å². The summed E-state index contributed by atoms with van der Waals surface area (Å²) in [4.78, 5) is 2.57. The molecule has 2 fully saturated rings. The van der Waals surface area contributed by atoms with Gasteiger partial charge in [0.1, 0.15) is 0 Å². The van der Waals surface area contributed by atoms with Gasteiger partial charge < -0.3 is 4.74 Å². The zero-order chi connectivity index (χ0) is 17.3. The summed E-state index contributed by atoms with van der Waals surface area (Å²) in [5.74, 6) is 1.00. The Balaban J connectivity index is 1.79. The number of morpholine rings is 1. The molecule has 0 spiro atoms. The number of aromatic nitrogens is 4. The van der Waals surface area contributed by atoms with Crippen molar-refractivity contribution in [3.8, 4) is 5.69 Å². The van der Waals surface area contributed by atoms with Crippen LogP contribution in [0.4, 0.5) is 0 Å². The molecule has 25 heavy (non-hydrogen) atoms. The fourth-order valence-corrected chi connectivity index (χ4v) is 4.49. The van der Waals surface area contributed by atoms with Gasteiger partial charge in [0.25, 0.3) is 0 Å². The lowest BCUT2D eigenvalue weighted by Gasteiger charge is -2.46. The topological polar surface area (TPSA) is 56.1 Å². The lowest BCUT2D eigenvalue weighted by Crippen LogP contribution is -2.53. The molecule has 0 bridgehead atoms. The van der Waals surface area contributed by atoms with E-state index in [2.05, 4.69) is 52.5 Å². The van der Waals surface area contributed by atoms with E-state index < -0.39 is 0 Å². The van der Waals surface area contributed by atoms with Crippen LogP contribution in [0, 0.1) is 13.8 Å². The fourth-order valence-electron chi connectivity index (χ4n) is 4.49. The monoisotopic (exact) mass is 341 g/mol. The minimum atomic E-state index is -0.0666. The van der Waals surface area contributed by atoms with Crippen molar-refractivity contribution in [3.63, 3.8) is 0 Å². The molecule has 1 saturated heterocycles. The Bertz CT molecular complexity index is 729. The molecule has 0 atom stereocenters. The first-order valence-corrected chi connectivity index (χ1v) is 9.40. The number of aryl methyl sites for hydroxylation is 2. The van der Waals surface area contributed by atoms with Gasteiger partial charge in [-0.25, -0.2) is 0 Å². The Morgan fingerprint density at radius 2 is 1.80 bits per heavy atom. The van der Waals surface area contributed by atoms with E-state index in [0.717, 1.165) is 50.7 Å². The number of ether oxygens (including phenoxy) is 1. The minimum Gasteiger partial charge on any atom is -0.379 e. The summed E-state index contributed by atoms with van der Waals surface area (Å²) in [7, 11) is 0. The Morgan fingerprint density at radius 3 is 2.52 bits per heavy atom. The molecule has 2 heterocycles. The molecule has 2 aliphatic rings. The van der Waals surface area contributed by atoms with E-state index >= 15 is 0 Å². The second-order valence-corrected chi connectivity index (χ2v) is 7.40. The summed E-state index contributed by atoms with van der Waals surface area (Å²) in [5.41, 5.74) is 3.49. The second kappa shape index (κ2) is 6.84. The maximum absolute atomic E-state index is 5.60. The van der Waals surface area contributed by atoms with E-state index in [0.29, 0.717) is 0 Å². The van der Waals surface area contributed by atoms with E-state index in [9.17, 15) is 0 Å². The highest BCUT2D eigenvalue weighted by molar-refractivity contribution is 5.42. The summed E-state index contributed by atoms with van der Waals surface area (Å²) in [6.45, 7) is 7.77. The molecule has 0 N–H and O–H groups in total. The van der Waals surface area contributed by atoms with Crippen molar-refractivity contribution in [2.24, 2.45) is 0 Å². The molecular formula is C19H27N5O. The lowest BCUT2D eigenvalue weighted by molar-refractivity contribution is -0.0451. The molecule has 1 aromatic heterocycles. The lowest BCUT2D eigenvalue weighted by atomic mass is 9.79. The zero-order valence-corrected chi connectivity index (χ0v) is 15.2. The Hall–Kier alpha value is -1.79. The van der Waals surface area contributed by atoms with Crippen LogP contribution in [-0.4, -0.2) is 51.4 Å². The van der Waals surface area contributed by atoms with E-state index in [1.165, 1.54) is 30.4 Å². The van der Waals surface area contributed by atoms with Gasteiger partial charge >= 0.3 is 0 Å². The predicted molar refractivity (Wildman–Crippen MR) is 95.8 cm³/mol. The van der Waals surface area contributed by atoms with Crippen LogP contribution >= 0.6 is 0 Å². The van der Waals surface area contributed by atoms with E-state index in [-0.39, 0.29) is 5.54 Å². The molecule has 6 nitrogen and oxygen atoms in total. The van der Waals surface area contributed by atoms with Crippen molar-refractivity contribution in [2.45, 2.75) is 51.5 Å². The van der Waals surface area contributed by atoms with Gasteiger partial charge in [-0.15, -0.1) is 5.10 Å². The summed E-state index contributed by atoms with van der Waals surface area (Å²) >= 11 is 0. The fraction of sp³-hybridized carbons (Fsp3) is 0.632. The SMILES string of the molecule is Cc1ccc(-n2nnnc2C2(N3CCOCC3)CCCCC2)c(C)c1. The first-order chi connectivity index (χ1) is 12.2. The molecule has 1 saturated carbocycles. The van der Waals surface area contributed by atoms with Gasteiger partial charge in [-0.3, -0.25) is 4.90 Å². The number of benzene rings is 1. The highest BCUT2D eigenvalue weighted by Gasteiger charge is 2.44. The summed E-state index contributed by atoms with van der Waals surface area (Å²) in [6.07, 6.45) is 6.02. The van der Waals surface area contributed by atoms with Crippen molar-refractivity contribution in [2.75, 3.05) is 26.3 Å². The van der Waals surface area contributed by atoms with E-state index in [4.69, 9.17) is 4.74 Å². The number of nitrogens with zero attached hydrogens (tertiary/aromatic N) is 5. The van der Waals surface area contributed by atoms with E-state index in [1.54, 1.807) is 0 Å². The van der Waals surface area contributed by atoms with Crippen LogP contribution in [0.5, 0.6) is 0 Å². The van der Waals surface area contributed by atoms with Crippen LogP contribution in [0.15, 0.2) is 18.2 Å². The van der Waals surface area contributed by atoms with Crippen molar-refractivity contribution in [1.29, 1.82) is 0 Å². The Morgan fingerprint density at radius 1 is 1.04 bits per heavy atom. The van der Waals surface area contributed by atoms with Gasteiger partial charge in [0, 0.05) is 13.1 Å². The molecule has 1 aliphatic heterocycles. The first kappa shape index (κ1) is 16.7. The number of rotatable bonds is 3. The van der Waals surface area contributed by atoms with Crippen LogP contribution in [-0.2, 0) is 10.3 Å². The van der Waals surface area contributed by atoms with Gasteiger partial charge in [-0.1, -0.05) is 37.0 Å². The van der Waals surface area contributed by atoms with E-state index in [1.807, 2.05) is 4.68 Å². The van der Waals surface area contributed by atoms with Crippen LogP contribution in [0.2, 0.25) is 0 Å². The van der Waals surface area contributed by atoms with Gasteiger partial charge in [0.15, 0.2) is 5.82 Å². The first-order valence-electron chi connectivity index (χ1n) is 9.40. The average Bonchev–Trinajstić information content (AvgIpc) is 3.13. The highest BCUT2D eigenvalue weighted by Crippen LogP contribution is 2.42. The molecule has 0 radical (unpaired) electrons. The molecule has 6 heteroatoms.